The highest BCUT2D eigenvalue weighted by atomic mass is 32.2. The number of halogens is 6. The fourth-order valence-electron chi connectivity index (χ4n) is 17.8. The number of fused-ring (bicyclic) bond motifs is 6. The van der Waals surface area contributed by atoms with Gasteiger partial charge in [-0.15, -0.1) is 0 Å². The van der Waals surface area contributed by atoms with E-state index in [0.717, 1.165) is 54.8 Å². The molecule has 1 aliphatic heterocycles. The third-order valence-electron chi connectivity index (χ3n) is 25.0. The third-order valence-corrected chi connectivity index (χ3v) is 28.4. The van der Waals surface area contributed by atoms with Gasteiger partial charge in [0, 0.05) is 5.39 Å². The highest BCUT2D eigenvalue weighted by Gasteiger charge is 2.52. The van der Waals surface area contributed by atoms with Crippen molar-refractivity contribution in [3.05, 3.63) is 437 Å². The standard InChI is InChI=1S/C54H36.C31H19F3O3S.C30H29BO2.C2H2F3O3PS.2CH4/c1-3-16-37(17-4-1)39-20-13-21-40(34-39)41-22-14-23-42(35-41)43-24-15-25-44(36-43)45-32-33-52(47-27-8-7-26-46(45)47)54-50-30-11-9-28-48(50)53(38-18-5-2-6-19-38)49-29-10-12-31-51(49)54;32-31(33,34)38(35,36)37-28-19-18-27(21-12-4-5-13-22(21)28)30-25-16-8-6-14-23(25)29(20-10-2-1-3-11-20)24-15-7-9-17-26(24)30;1-29(2)30(3,4)33-31(32-29)28-18-10-17-27(21-28)26-16-9-15-25(20-26)24-14-8-13-23(19-24)22-11-6-5-7-12-22;3-2(4,5)10(7,8)1-9-6;;/h1-36H;1-19H;5-21H,1-4H3;1H2;2*1H4. The minimum atomic E-state index is -5.83. The SMILES string of the molecule is C.C.CC1(C)OB(c2cccc(-c3cccc(-c4cccc(-c5ccccc5)c4)c3)c2)OC1(C)C.O=PCS(=O)(=O)C(F)(F)F.O=S(=O)(Oc1ccc(-c2c3ccccc3c(-c3ccccc3)c3ccccc23)c2ccccc12)C(F)(F)F.c1ccc(-c2cccc(-c3cccc(-c4cccc(-c5ccc(-c6c7ccccc7c(-c7ccccc7)c7ccccc67)c6ccccc56)c4)c3)c2)cc1. The highest BCUT2D eigenvalue weighted by Crippen LogP contribution is 2.50. The van der Waals surface area contributed by atoms with Gasteiger partial charge in [-0.2, -0.15) is 34.8 Å². The zero-order valence-electron chi connectivity index (χ0n) is 73.7. The Morgan fingerprint density at radius 2 is 0.504 bits per heavy atom. The first-order valence-electron chi connectivity index (χ1n) is 43.9. The van der Waals surface area contributed by atoms with Gasteiger partial charge in [-0.1, -0.05) is 409 Å². The maximum absolute atomic E-state index is 13.1. The van der Waals surface area contributed by atoms with Crippen LogP contribution in [0.5, 0.6) is 5.75 Å². The number of sulfone groups is 1. The lowest BCUT2D eigenvalue weighted by Crippen LogP contribution is -2.41. The average molecular weight is 1870 g/mol. The van der Waals surface area contributed by atoms with Gasteiger partial charge < -0.3 is 13.5 Å². The maximum atomic E-state index is 13.1. The lowest BCUT2D eigenvalue weighted by Gasteiger charge is -2.32. The monoisotopic (exact) mass is 1870 g/mol. The molecular formula is C119H94BF6O8PS2. The zero-order valence-corrected chi connectivity index (χ0v) is 76.2. The molecule has 0 aliphatic carbocycles. The van der Waals surface area contributed by atoms with Crippen molar-refractivity contribution in [2.45, 2.75) is 64.8 Å². The molecule has 0 spiro atoms. The van der Waals surface area contributed by atoms with Crippen molar-refractivity contribution in [2.24, 2.45) is 0 Å². The molecule has 21 rings (SSSR count). The molecule has 1 saturated heterocycles. The molecule has 20 aromatic rings. The molecule has 18 heteroatoms. The van der Waals surface area contributed by atoms with Crippen LogP contribution in [0.4, 0.5) is 26.3 Å². The van der Waals surface area contributed by atoms with Crippen LogP contribution in [0.25, 0.3) is 187 Å². The quantitative estimate of drug-likeness (QED) is 0.0235. The van der Waals surface area contributed by atoms with Crippen LogP contribution >= 0.6 is 8.46 Å². The number of alkyl halides is 6. The molecule has 8 nitrogen and oxygen atoms in total. The van der Waals surface area contributed by atoms with Crippen LogP contribution < -0.4 is 9.65 Å². The Hall–Kier alpha value is -14.7. The topological polar surface area (TPSA) is 113 Å². The Labute approximate surface area is 796 Å². The minimum absolute atomic E-state index is 0. The van der Waals surface area contributed by atoms with Crippen molar-refractivity contribution < 1.29 is 61.2 Å². The lowest BCUT2D eigenvalue weighted by atomic mass is 9.78. The van der Waals surface area contributed by atoms with Gasteiger partial charge in [0.2, 0.25) is 0 Å². The van der Waals surface area contributed by atoms with Crippen LogP contribution in [0.2, 0.25) is 0 Å². The van der Waals surface area contributed by atoms with Gasteiger partial charge in [-0.25, -0.2) is 8.42 Å². The second-order valence-corrected chi connectivity index (χ2v) is 38.5. The summed E-state index contributed by atoms with van der Waals surface area (Å²) in [7, 11) is -12.4. The smallest absolute Gasteiger partial charge is 0.399 e. The van der Waals surface area contributed by atoms with E-state index in [9.17, 15) is 47.7 Å². The number of hydrogen-bond acceptors (Lipinski definition) is 8. The molecule has 0 N–H and O–H groups in total. The van der Waals surface area contributed by atoms with E-state index in [1.807, 2.05) is 54.6 Å². The summed E-state index contributed by atoms with van der Waals surface area (Å²) in [6.07, 6.45) is 0. The number of hydrogen-bond donors (Lipinski definition) is 0. The fourth-order valence-corrected chi connectivity index (χ4v) is 19.4. The van der Waals surface area contributed by atoms with Crippen LogP contribution in [0.1, 0.15) is 42.5 Å². The van der Waals surface area contributed by atoms with E-state index in [1.165, 1.54) is 133 Å². The highest BCUT2D eigenvalue weighted by molar-refractivity contribution is 7.96. The van der Waals surface area contributed by atoms with Crippen molar-refractivity contribution in [1.82, 2.24) is 0 Å². The van der Waals surface area contributed by atoms with Gasteiger partial charge in [0.1, 0.15) is 5.49 Å². The average Bonchev–Trinajstić information content (AvgIpc) is 1.16. The van der Waals surface area contributed by atoms with Crippen LogP contribution in [-0.2, 0) is 33.8 Å². The fraction of sp³-hybridized carbons (Fsp3) is 0.0924. The lowest BCUT2D eigenvalue weighted by molar-refractivity contribution is -0.0500. The second-order valence-electron chi connectivity index (χ2n) is 33.9. The van der Waals surface area contributed by atoms with Crippen LogP contribution in [-0.4, -0.2) is 51.7 Å². The zero-order chi connectivity index (χ0) is 93.8. The van der Waals surface area contributed by atoms with Gasteiger partial charge in [0.25, 0.3) is 9.84 Å². The van der Waals surface area contributed by atoms with E-state index in [2.05, 4.69) is 378 Å². The first-order valence-corrected chi connectivity index (χ1v) is 47.9. The summed E-state index contributed by atoms with van der Waals surface area (Å²) >= 11 is 0. The Morgan fingerprint density at radius 3 is 0.825 bits per heavy atom. The van der Waals surface area contributed by atoms with E-state index < -0.39 is 44.9 Å². The largest absolute Gasteiger partial charge is 0.534 e. The molecule has 137 heavy (non-hydrogen) atoms. The summed E-state index contributed by atoms with van der Waals surface area (Å²) < 4.78 is 143. The van der Waals surface area contributed by atoms with Crippen LogP contribution in [0.3, 0.4) is 0 Å². The Bertz CT molecular complexity index is 7980. The first kappa shape index (κ1) is 95.5. The van der Waals surface area contributed by atoms with E-state index in [4.69, 9.17) is 9.31 Å². The number of benzene rings is 20. The molecule has 20 aromatic carbocycles. The molecule has 1 fully saturated rings. The second kappa shape index (κ2) is 40.1. The summed E-state index contributed by atoms with van der Waals surface area (Å²) in [5.41, 5.74) is 13.9. The van der Waals surface area contributed by atoms with Gasteiger partial charge >= 0.3 is 28.3 Å². The molecule has 680 valence electrons. The summed E-state index contributed by atoms with van der Waals surface area (Å²) in [5.74, 6) is -0.379. The van der Waals surface area contributed by atoms with Crippen molar-refractivity contribution >= 4 is 106 Å². The van der Waals surface area contributed by atoms with Crippen LogP contribution in [0, 0.1) is 0 Å². The Kier molecular flexibility index (Phi) is 27.9. The minimum Gasteiger partial charge on any atom is -0.399 e. The van der Waals surface area contributed by atoms with E-state index in [0.29, 0.717) is 5.39 Å². The summed E-state index contributed by atoms with van der Waals surface area (Å²) in [5, 5.41) is 12.4. The molecule has 0 aromatic heterocycles. The van der Waals surface area contributed by atoms with Crippen molar-refractivity contribution in [3.8, 4) is 128 Å². The van der Waals surface area contributed by atoms with Gasteiger partial charge in [-0.05, 0) is 257 Å². The molecule has 0 saturated carbocycles. The van der Waals surface area contributed by atoms with Crippen molar-refractivity contribution in [1.29, 1.82) is 0 Å². The summed E-state index contributed by atoms with van der Waals surface area (Å²) in [6.45, 7) is 8.35. The Balaban J connectivity index is 0.000000145. The molecule has 0 bridgehead atoms. The van der Waals surface area contributed by atoms with Crippen molar-refractivity contribution in [2.75, 3.05) is 5.49 Å². The maximum Gasteiger partial charge on any atom is 0.534 e. The predicted molar refractivity (Wildman–Crippen MR) is 556 cm³/mol. The van der Waals surface area contributed by atoms with Gasteiger partial charge in [0.15, 0.2) is 14.2 Å². The first-order chi connectivity index (χ1) is 65.2. The summed E-state index contributed by atoms with van der Waals surface area (Å²) in [6, 6.07) is 152. The molecule has 0 atom stereocenters. The molecule has 0 radical (unpaired) electrons. The van der Waals surface area contributed by atoms with Crippen LogP contribution in [0.15, 0.2) is 437 Å². The molecule has 0 amide bonds. The molecule has 1 aliphatic rings. The van der Waals surface area contributed by atoms with Gasteiger partial charge in [0.05, 0.1) is 11.2 Å². The third kappa shape index (κ3) is 19.8. The van der Waals surface area contributed by atoms with E-state index in [-0.39, 0.29) is 44.3 Å². The van der Waals surface area contributed by atoms with Gasteiger partial charge in [-0.3, -0.25) is 4.57 Å². The molecule has 0 unspecified atom stereocenters. The van der Waals surface area contributed by atoms with E-state index >= 15 is 0 Å². The van der Waals surface area contributed by atoms with Crippen molar-refractivity contribution in [3.63, 3.8) is 0 Å². The summed E-state index contributed by atoms with van der Waals surface area (Å²) in [4.78, 5) is 0. The molecular weight excluding hydrogens is 1780 g/mol. The normalized spacial score (nSPS) is 12.9. The number of rotatable bonds is 16. The molecule has 1 heterocycles. The predicted octanol–water partition coefficient (Wildman–Crippen LogP) is 33.3. The van der Waals surface area contributed by atoms with E-state index in [1.54, 1.807) is 30.3 Å². The Morgan fingerprint density at radius 1 is 0.263 bits per heavy atom.